The fourth-order valence-electron chi connectivity index (χ4n) is 1.67. The second kappa shape index (κ2) is 6.41. The van der Waals surface area contributed by atoms with Crippen molar-refractivity contribution in [1.29, 1.82) is 0 Å². The van der Waals surface area contributed by atoms with Crippen LogP contribution in [0.2, 0.25) is 0 Å². The minimum Gasteiger partial charge on any atom is -0.508 e. The number of benzene rings is 2. The molecular formula is C15H11BrO5. The summed E-state index contributed by atoms with van der Waals surface area (Å²) < 4.78 is 5.48. The van der Waals surface area contributed by atoms with Crippen LogP contribution in [0.5, 0.6) is 11.5 Å². The van der Waals surface area contributed by atoms with Gasteiger partial charge in [0.15, 0.2) is 6.61 Å². The van der Waals surface area contributed by atoms with Crippen molar-refractivity contribution < 1.29 is 24.5 Å². The lowest BCUT2D eigenvalue weighted by atomic mass is 10.1. The zero-order valence-corrected chi connectivity index (χ0v) is 12.3. The second-order valence-electron chi connectivity index (χ2n) is 4.18. The predicted octanol–water partition coefficient (Wildman–Crippen LogP) is 2.90. The Balaban J connectivity index is 2.04. The van der Waals surface area contributed by atoms with Crippen LogP contribution in [0.15, 0.2) is 46.9 Å². The zero-order chi connectivity index (χ0) is 15.4. The van der Waals surface area contributed by atoms with Gasteiger partial charge in [-0.1, -0.05) is 34.1 Å². The van der Waals surface area contributed by atoms with Crippen molar-refractivity contribution >= 4 is 27.7 Å². The molecule has 0 unspecified atom stereocenters. The Morgan fingerprint density at radius 1 is 1.05 bits per heavy atom. The molecular weight excluding hydrogens is 340 g/mol. The first-order chi connectivity index (χ1) is 9.99. The molecule has 2 aromatic carbocycles. The third-order valence-corrected chi connectivity index (χ3v) is 3.40. The molecule has 6 heteroatoms. The largest absolute Gasteiger partial charge is 0.508 e. The summed E-state index contributed by atoms with van der Waals surface area (Å²) in [6.45, 7) is -0.443. The molecule has 0 aromatic heterocycles. The van der Waals surface area contributed by atoms with Crippen molar-refractivity contribution in [2.75, 3.05) is 6.61 Å². The maximum atomic E-state index is 11.9. The van der Waals surface area contributed by atoms with E-state index in [-0.39, 0.29) is 17.1 Å². The van der Waals surface area contributed by atoms with Crippen LogP contribution in [0.25, 0.3) is 0 Å². The van der Waals surface area contributed by atoms with Gasteiger partial charge < -0.3 is 14.9 Å². The Hall–Kier alpha value is -2.34. The monoisotopic (exact) mass is 350 g/mol. The number of ether oxygens (including phenoxy) is 1. The number of halogens is 1. The van der Waals surface area contributed by atoms with Crippen LogP contribution in [0.4, 0.5) is 0 Å². The van der Waals surface area contributed by atoms with Gasteiger partial charge in [-0.15, -0.1) is 0 Å². The van der Waals surface area contributed by atoms with E-state index in [0.29, 0.717) is 10.0 Å². The summed E-state index contributed by atoms with van der Waals surface area (Å²) in [5, 5.41) is 18.7. The Morgan fingerprint density at radius 3 is 2.43 bits per heavy atom. The summed E-state index contributed by atoms with van der Waals surface area (Å²) >= 11 is 3.24. The average molecular weight is 351 g/mol. The quantitative estimate of drug-likeness (QED) is 0.654. The number of aromatic hydroxyl groups is 2. The van der Waals surface area contributed by atoms with Crippen LogP contribution in [0, 0.1) is 0 Å². The Kier molecular flexibility index (Phi) is 4.59. The van der Waals surface area contributed by atoms with Crippen LogP contribution in [-0.2, 0) is 4.74 Å². The minimum atomic E-state index is -0.840. The Bertz CT molecular complexity index is 696. The molecule has 108 valence electrons. The van der Waals surface area contributed by atoms with E-state index in [1.165, 1.54) is 12.1 Å². The SMILES string of the molecule is O=C(OCC(=O)c1ccccc1Br)c1ccc(O)cc1O. The first-order valence-electron chi connectivity index (χ1n) is 5.96. The van der Waals surface area contributed by atoms with Gasteiger partial charge in [0.25, 0.3) is 0 Å². The maximum Gasteiger partial charge on any atom is 0.342 e. The number of hydrogen-bond donors (Lipinski definition) is 2. The smallest absolute Gasteiger partial charge is 0.342 e. The normalized spacial score (nSPS) is 10.1. The molecule has 0 spiro atoms. The molecule has 0 fully saturated rings. The summed E-state index contributed by atoms with van der Waals surface area (Å²) in [6.07, 6.45) is 0. The summed E-state index contributed by atoms with van der Waals surface area (Å²) in [7, 11) is 0. The van der Waals surface area contributed by atoms with E-state index < -0.39 is 18.3 Å². The Labute approximate surface area is 128 Å². The number of Topliss-reactive ketones (excluding diaryl/α,β-unsaturated/α-hetero) is 1. The van der Waals surface area contributed by atoms with E-state index in [9.17, 15) is 14.7 Å². The number of phenolic OH excluding ortho intramolecular Hbond substituents is 2. The van der Waals surface area contributed by atoms with Crippen molar-refractivity contribution in [3.8, 4) is 11.5 Å². The molecule has 2 aromatic rings. The van der Waals surface area contributed by atoms with Crippen molar-refractivity contribution in [3.63, 3.8) is 0 Å². The Morgan fingerprint density at radius 2 is 1.76 bits per heavy atom. The van der Waals surface area contributed by atoms with Gasteiger partial charge in [-0.2, -0.15) is 0 Å². The van der Waals surface area contributed by atoms with E-state index in [1.807, 2.05) is 0 Å². The minimum absolute atomic E-state index is 0.118. The molecule has 0 aliphatic rings. The zero-order valence-electron chi connectivity index (χ0n) is 10.7. The molecule has 2 N–H and O–H groups in total. The molecule has 0 heterocycles. The number of ketones is 1. The number of rotatable bonds is 4. The first kappa shape index (κ1) is 15.1. The molecule has 0 atom stereocenters. The number of phenols is 2. The van der Waals surface area contributed by atoms with Gasteiger partial charge in [0, 0.05) is 16.1 Å². The van der Waals surface area contributed by atoms with Crippen molar-refractivity contribution in [3.05, 3.63) is 58.1 Å². The standard InChI is InChI=1S/C15H11BrO5/c16-12-4-2-1-3-10(12)14(19)8-21-15(20)11-6-5-9(17)7-13(11)18/h1-7,17-18H,8H2. The summed E-state index contributed by atoms with van der Waals surface area (Å²) in [5.74, 6) is -1.79. The lowest BCUT2D eigenvalue weighted by Crippen LogP contribution is -2.14. The second-order valence-corrected chi connectivity index (χ2v) is 5.03. The fraction of sp³-hybridized carbons (Fsp3) is 0.0667. The highest BCUT2D eigenvalue weighted by molar-refractivity contribution is 9.10. The van der Waals surface area contributed by atoms with Gasteiger partial charge in [-0.3, -0.25) is 4.79 Å². The molecule has 0 bridgehead atoms. The van der Waals surface area contributed by atoms with Crippen LogP contribution in [-0.4, -0.2) is 28.6 Å². The van der Waals surface area contributed by atoms with E-state index in [2.05, 4.69) is 15.9 Å². The third kappa shape index (κ3) is 3.61. The molecule has 5 nitrogen and oxygen atoms in total. The third-order valence-electron chi connectivity index (χ3n) is 2.71. The molecule has 0 aliphatic carbocycles. The molecule has 21 heavy (non-hydrogen) atoms. The number of hydrogen-bond acceptors (Lipinski definition) is 5. The maximum absolute atomic E-state index is 11.9. The molecule has 0 aliphatic heterocycles. The summed E-state index contributed by atoms with van der Waals surface area (Å²) in [4.78, 5) is 23.7. The predicted molar refractivity (Wildman–Crippen MR) is 78.5 cm³/mol. The number of esters is 1. The van der Waals surface area contributed by atoms with Gasteiger partial charge in [0.2, 0.25) is 5.78 Å². The number of carbonyl (C=O) groups excluding carboxylic acids is 2. The van der Waals surface area contributed by atoms with Crippen molar-refractivity contribution in [1.82, 2.24) is 0 Å². The summed E-state index contributed by atoms with van der Waals surface area (Å²) in [6, 6.07) is 10.3. The molecule has 0 saturated heterocycles. The first-order valence-corrected chi connectivity index (χ1v) is 6.75. The van der Waals surface area contributed by atoms with E-state index in [0.717, 1.165) is 6.07 Å². The van der Waals surface area contributed by atoms with Gasteiger partial charge in [0.05, 0.1) is 0 Å². The highest BCUT2D eigenvalue weighted by Gasteiger charge is 2.16. The van der Waals surface area contributed by atoms with Gasteiger partial charge in [0.1, 0.15) is 17.1 Å². The van der Waals surface area contributed by atoms with E-state index >= 15 is 0 Å². The van der Waals surface area contributed by atoms with Gasteiger partial charge >= 0.3 is 5.97 Å². The number of carbonyl (C=O) groups is 2. The molecule has 2 rings (SSSR count). The van der Waals surface area contributed by atoms with Crippen LogP contribution < -0.4 is 0 Å². The lowest BCUT2D eigenvalue weighted by molar-refractivity contribution is 0.0471. The topological polar surface area (TPSA) is 83.8 Å². The van der Waals surface area contributed by atoms with E-state index in [1.54, 1.807) is 24.3 Å². The molecule has 0 saturated carbocycles. The summed E-state index contributed by atoms with van der Waals surface area (Å²) in [5.41, 5.74) is 0.285. The highest BCUT2D eigenvalue weighted by Crippen LogP contribution is 2.23. The highest BCUT2D eigenvalue weighted by atomic mass is 79.9. The van der Waals surface area contributed by atoms with Crippen LogP contribution in [0.3, 0.4) is 0 Å². The lowest BCUT2D eigenvalue weighted by Gasteiger charge is -2.07. The average Bonchev–Trinajstić information content (AvgIpc) is 2.45. The van der Waals surface area contributed by atoms with Crippen molar-refractivity contribution in [2.45, 2.75) is 0 Å². The van der Waals surface area contributed by atoms with Crippen LogP contribution in [0.1, 0.15) is 20.7 Å². The van der Waals surface area contributed by atoms with Gasteiger partial charge in [-0.25, -0.2) is 4.79 Å². The van der Waals surface area contributed by atoms with Crippen molar-refractivity contribution in [2.24, 2.45) is 0 Å². The molecule has 0 amide bonds. The van der Waals surface area contributed by atoms with Gasteiger partial charge in [-0.05, 0) is 18.2 Å². The van der Waals surface area contributed by atoms with Crippen LogP contribution >= 0.6 is 15.9 Å². The van der Waals surface area contributed by atoms with E-state index in [4.69, 9.17) is 9.84 Å². The fourth-order valence-corrected chi connectivity index (χ4v) is 2.17. The molecule has 0 radical (unpaired) electrons.